The molecule has 0 aromatic carbocycles. The van der Waals surface area contributed by atoms with Crippen LogP contribution in [0, 0.1) is 6.92 Å². The van der Waals surface area contributed by atoms with E-state index in [9.17, 15) is 18.0 Å². The Labute approximate surface area is 165 Å². The molecule has 2 rings (SSSR count). The lowest BCUT2D eigenvalue weighted by atomic mass is 10.2. The number of nitrogens with two attached hydrogens (primary N) is 2. The summed E-state index contributed by atoms with van der Waals surface area (Å²) < 4.78 is 39.8. The van der Waals surface area contributed by atoms with E-state index in [-0.39, 0.29) is 17.8 Å². The highest BCUT2D eigenvalue weighted by molar-refractivity contribution is 5.92. The maximum atomic E-state index is 12.7. The number of nitrogens with one attached hydrogen (secondary N) is 1. The van der Waals surface area contributed by atoms with Gasteiger partial charge in [0.15, 0.2) is 0 Å². The van der Waals surface area contributed by atoms with E-state index in [2.05, 4.69) is 20.6 Å². The molecule has 0 radical (unpaired) electrons. The predicted octanol–water partition coefficient (Wildman–Crippen LogP) is 1.07. The smallest absolute Gasteiger partial charge is 0.393 e. The predicted molar refractivity (Wildman–Crippen MR) is 98.2 cm³/mol. The molecule has 0 aliphatic carbocycles. The molecule has 158 valence electrons. The Morgan fingerprint density at radius 1 is 1.34 bits per heavy atom. The van der Waals surface area contributed by atoms with Crippen LogP contribution < -0.4 is 16.9 Å². The van der Waals surface area contributed by atoms with E-state index in [0.29, 0.717) is 13.1 Å². The van der Waals surface area contributed by atoms with Gasteiger partial charge < -0.3 is 16.1 Å². The summed E-state index contributed by atoms with van der Waals surface area (Å²) in [7, 11) is 0. The Balaban J connectivity index is 1.75. The van der Waals surface area contributed by atoms with Crippen LogP contribution in [0.5, 0.6) is 0 Å². The lowest BCUT2D eigenvalue weighted by molar-refractivity contribution is -0.137. The van der Waals surface area contributed by atoms with Crippen LogP contribution in [0.4, 0.5) is 13.2 Å². The average Bonchev–Trinajstić information content (AvgIpc) is 3.08. The molecule has 0 aliphatic rings. The molecule has 29 heavy (non-hydrogen) atoms. The van der Waals surface area contributed by atoms with Crippen molar-refractivity contribution in [3.63, 3.8) is 0 Å². The standard InChI is InChI=1S/C17H23F3N8O/c1-12-10-28(26-25-12)5-3-2-4-27(22)11-15(21)16(29)24-8-13-6-14(9-23-7-13)17(18,19)20/h6-7,9-11H,2-5,8,21-22H2,1H3,(H,24,29)/b15-11-. The SMILES string of the molecule is Cc1cn(CCCCN(N)/C=C(\N)C(=O)NCc2cncc(C(F)(F)F)c2)nn1. The number of alkyl halides is 3. The summed E-state index contributed by atoms with van der Waals surface area (Å²) in [5, 5.41) is 11.6. The fourth-order valence-corrected chi connectivity index (χ4v) is 2.40. The summed E-state index contributed by atoms with van der Waals surface area (Å²) in [5.74, 6) is 5.16. The summed E-state index contributed by atoms with van der Waals surface area (Å²) in [6.07, 6.45) is 2.10. The fourth-order valence-electron chi connectivity index (χ4n) is 2.40. The van der Waals surface area contributed by atoms with Crippen molar-refractivity contribution < 1.29 is 18.0 Å². The first kappa shape index (κ1) is 22.1. The molecule has 0 saturated heterocycles. The number of amides is 1. The minimum atomic E-state index is -4.50. The molecule has 0 saturated carbocycles. The second-order valence-corrected chi connectivity index (χ2v) is 6.41. The topological polar surface area (TPSA) is 128 Å². The number of rotatable bonds is 9. The van der Waals surface area contributed by atoms with Gasteiger partial charge in [0.25, 0.3) is 5.91 Å². The summed E-state index contributed by atoms with van der Waals surface area (Å²) in [6.45, 7) is 2.86. The Hall–Kier alpha value is -3.15. The number of unbranched alkanes of at least 4 members (excludes halogenated alkanes) is 1. The monoisotopic (exact) mass is 412 g/mol. The third-order valence-corrected chi connectivity index (χ3v) is 3.85. The van der Waals surface area contributed by atoms with Crippen molar-refractivity contribution >= 4 is 5.91 Å². The second-order valence-electron chi connectivity index (χ2n) is 6.41. The Morgan fingerprint density at radius 2 is 2.10 bits per heavy atom. The molecule has 12 heteroatoms. The van der Waals surface area contributed by atoms with Crippen LogP contribution in [0.25, 0.3) is 0 Å². The highest BCUT2D eigenvalue weighted by atomic mass is 19.4. The molecule has 2 aromatic heterocycles. The van der Waals surface area contributed by atoms with Gasteiger partial charge in [-0.15, -0.1) is 5.10 Å². The lowest BCUT2D eigenvalue weighted by Gasteiger charge is -2.15. The van der Waals surface area contributed by atoms with Gasteiger partial charge in [-0.3, -0.25) is 14.5 Å². The molecule has 0 bridgehead atoms. The quantitative estimate of drug-likeness (QED) is 0.243. The maximum absolute atomic E-state index is 12.7. The molecular formula is C17H23F3N8O. The van der Waals surface area contributed by atoms with Crippen molar-refractivity contribution in [2.24, 2.45) is 11.6 Å². The highest BCUT2D eigenvalue weighted by Crippen LogP contribution is 2.28. The Kier molecular flexibility index (Phi) is 7.53. The van der Waals surface area contributed by atoms with E-state index in [1.54, 1.807) is 4.68 Å². The van der Waals surface area contributed by atoms with Crippen molar-refractivity contribution in [3.05, 3.63) is 53.4 Å². The van der Waals surface area contributed by atoms with Gasteiger partial charge in [-0.2, -0.15) is 13.2 Å². The number of carbonyl (C=O) groups excluding carboxylic acids is 1. The molecule has 1 amide bonds. The van der Waals surface area contributed by atoms with Gasteiger partial charge in [0.05, 0.1) is 11.3 Å². The summed E-state index contributed by atoms with van der Waals surface area (Å²) >= 11 is 0. The second kappa shape index (κ2) is 9.87. The molecule has 2 heterocycles. The van der Waals surface area contributed by atoms with Crippen LogP contribution in [0.1, 0.15) is 29.7 Å². The number of hydrogen-bond donors (Lipinski definition) is 3. The number of halogens is 3. The zero-order chi connectivity index (χ0) is 21.4. The normalized spacial score (nSPS) is 12.1. The maximum Gasteiger partial charge on any atom is 0.417 e. The molecule has 0 fully saturated rings. The number of carbonyl (C=O) groups is 1. The van der Waals surface area contributed by atoms with Gasteiger partial charge in [-0.1, -0.05) is 5.21 Å². The van der Waals surface area contributed by atoms with Crippen LogP contribution in [0.2, 0.25) is 0 Å². The summed E-state index contributed by atoms with van der Waals surface area (Å²) in [6, 6.07) is 0.916. The third-order valence-electron chi connectivity index (χ3n) is 3.85. The Bertz CT molecular complexity index is 849. The van der Waals surface area contributed by atoms with Gasteiger partial charge in [-0.25, -0.2) is 5.84 Å². The van der Waals surface area contributed by atoms with Crippen LogP contribution in [-0.2, 0) is 24.1 Å². The Morgan fingerprint density at radius 3 is 2.76 bits per heavy atom. The number of hydrogen-bond acceptors (Lipinski definition) is 7. The van der Waals surface area contributed by atoms with E-state index in [1.165, 1.54) is 17.4 Å². The first-order valence-corrected chi connectivity index (χ1v) is 8.80. The zero-order valence-electron chi connectivity index (χ0n) is 15.9. The first-order valence-electron chi connectivity index (χ1n) is 8.80. The molecule has 2 aromatic rings. The van der Waals surface area contributed by atoms with Crippen molar-refractivity contribution in [2.75, 3.05) is 6.54 Å². The first-order chi connectivity index (χ1) is 13.6. The van der Waals surface area contributed by atoms with Gasteiger partial charge >= 0.3 is 6.18 Å². The van der Waals surface area contributed by atoms with Crippen molar-refractivity contribution in [2.45, 2.75) is 39.0 Å². The molecule has 9 nitrogen and oxygen atoms in total. The van der Waals surface area contributed by atoms with E-state index in [1.807, 2.05) is 13.1 Å². The largest absolute Gasteiger partial charge is 0.417 e. The van der Waals surface area contributed by atoms with E-state index < -0.39 is 17.6 Å². The van der Waals surface area contributed by atoms with Crippen LogP contribution in [0.3, 0.4) is 0 Å². The molecule has 0 aliphatic heterocycles. The minimum absolute atomic E-state index is 0.147. The number of aromatic nitrogens is 4. The molecule has 5 N–H and O–H groups in total. The van der Waals surface area contributed by atoms with Crippen LogP contribution >= 0.6 is 0 Å². The molecular weight excluding hydrogens is 389 g/mol. The van der Waals surface area contributed by atoms with Gasteiger partial charge in [0.1, 0.15) is 5.70 Å². The molecule has 0 unspecified atom stereocenters. The van der Waals surface area contributed by atoms with E-state index in [0.717, 1.165) is 30.8 Å². The van der Waals surface area contributed by atoms with Crippen LogP contribution in [0.15, 0.2) is 36.6 Å². The van der Waals surface area contributed by atoms with Gasteiger partial charge in [0.2, 0.25) is 0 Å². The minimum Gasteiger partial charge on any atom is -0.393 e. The van der Waals surface area contributed by atoms with Crippen molar-refractivity contribution in [3.8, 4) is 0 Å². The van der Waals surface area contributed by atoms with E-state index >= 15 is 0 Å². The number of hydrazine groups is 1. The van der Waals surface area contributed by atoms with Crippen molar-refractivity contribution in [1.82, 2.24) is 30.3 Å². The molecule has 0 atom stereocenters. The van der Waals surface area contributed by atoms with Crippen molar-refractivity contribution in [1.29, 1.82) is 0 Å². The number of nitrogens with zero attached hydrogens (tertiary/aromatic N) is 5. The number of pyridine rings is 1. The van der Waals surface area contributed by atoms with E-state index in [4.69, 9.17) is 11.6 Å². The average molecular weight is 412 g/mol. The number of aryl methyl sites for hydroxylation is 2. The zero-order valence-corrected chi connectivity index (χ0v) is 15.9. The molecule has 0 spiro atoms. The highest BCUT2D eigenvalue weighted by Gasteiger charge is 2.31. The summed E-state index contributed by atoms with van der Waals surface area (Å²) in [4.78, 5) is 15.5. The van der Waals surface area contributed by atoms with Gasteiger partial charge in [0, 0.05) is 44.4 Å². The lowest BCUT2D eigenvalue weighted by Crippen LogP contribution is -2.33. The summed E-state index contributed by atoms with van der Waals surface area (Å²) in [5.41, 5.74) is 5.69. The van der Waals surface area contributed by atoms with Crippen LogP contribution in [-0.4, -0.2) is 37.4 Å². The third kappa shape index (κ3) is 7.41. The van der Waals surface area contributed by atoms with Gasteiger partial charge in [-0.05, 0) is 31.4 Å². The fraction of sp³-hybridized carbons (Fsp3) is 0.412.